The molecule has 0 saturated carbocycles. The summed E-state index contributed by atoms with van der Waals surface area (Å²) in [5.74, 6) is 0.759. The van der Waals surface area contributed by atoms with Gasteiger partial charge in [0.2, 0.25) is 5.88 Å². The van der Waals surface area contributed by atoms with E-state index in [4.69, 9.17) is 9.26 Å². The highest BCUT2D eigenvalue weighted by molar-refractivity contribution is 5.89. The van der Waals surface area contributed by atoms with Gasteiger partial charge in [0.05, 0.1) is 18.7 Å². The van der Waals surface area contributed by atoms with Crippen molar-refractivity contribution in [1.29, 1.82) is 0 Å². The van der Waals surface area contributed by atoms with Gasteiger partial charge in [-0.1, -0.05) is 46.6 Å². The van der Waals surface area contributed by atoms with Gasteiger partial charge < -0.3 is 24.4 Å². The lowest BCUT2D eigenvalue weighted by Crippen LogP contribution is -2.37. The Kier molecular flexibility index (Phi) is 7.29. The van der Waals surface area contributed by atoms with E-state index < -0.39 is 0 Å². The number of ether oxygens (including phenoxy) is 1. The number of methoxy groups -OCH3 is 1. The smallest absolute Gasteiger partial charge is 0.322 e. The Labute approximate surface area is 195 Å². The second-order valence-electron chi connectivity index (χ2n) is 8.59. The summed E-state index contributed by atoms with van der Waals surface area (Å²) in [6.45, 7) is 7.21. The van der Waals surface area contributed by atoms with Crippen LogP contribution in [0.25, 0.3) is 11.3 Å². The molecule has 1 aliphatic heterocycles. The number of carbonyl (C=O) groups is 1. The van der Waals surface area contributed by atoms with Gasteiger partial charge in [-0.25, -0.2) is 4.79 Å². The Morgan fingerprint density at radius 1 is 1.12 bits per heavy atom. The first-order valence-electron chi connectivity index (χ1n) is 11.5. The number of urea groups is 1. The molecule has 1 aliphatic rings. The van der Waals surface area contributed by atoms with Crippen LogP contribution in [0, 0.1) is 13.8 Å². The first-order chi connectivity index (χ1) is 16.0. The molecule has 0 aliphatic carbocycles. The highest BCUT2D eigenvalue weighted by Crippen LogP contribution is 2.34. The average Bonchev–Trinajstić information content (AvgIpc) is 3.48. The molecule has 0 unspecified atom stereocenters. The third kappa shape index (κ3) is 5.54. The summed E-state index contributed by atoms with van der Waals surface area (Å²) in [7, 11) is 1.64. The van der Waals surface area contributed by atoms with Crippen LogP contribution in [-0.4, -0.2) is 49.4 Å². The fourth-order valence-corrected chi connectivity index (χ4v) is 4.12. The Morgan fingerprint density at radius 2 is 1.88 bits per heavy atom. The highest BCUT2D eigenvalue weighted by atomic mass is 16.5. The van der Waals surface area contributed by atoms with E-state index in [1.165, 1.54) is 0 Å². The monoisotopic (exact) mass is 448 g/mol. The second-order valence-corrected chi connectivity index (χ2v) is 8.59. The molecule has 1 fully saturated rings. The van der Waals surface area contributed by atoms with Crippen molar-refractivity contribution in [1.82, 2.24) is 10.1 Å². The van der Waals surface area contributed by atoms with Crippen molar-refractivity contribution >= 4 is 17.6 Å². The minimum atomic E-state index is -0.181. The summed E-state index contributed by atoms with van der Waals surface area (Å²) >= 11 is 0. The molecule has 2 heterocycles. The lowest BCUT2D eigenvalue weighted by Gasteiger charge is -2.24. The lowest BCUT2D eigenvalue weighted by atomic mass is 10.0. The molecule has 174 valence electrons. The number of hydrogen-bond acceptors (Lipinski definition) is 5. The van der Waals surface area contributed by atoms with Crippen molar-refractivity contribution < 1.29 is 14.1 Å². The summed E-state index contributed by atoms with van der Waals surface area (Å²) in [5, 5.41) is 7.47. The zero-order valence-corrected chi connectivity index (χ0v) is 19.6. The zero-order chi connectivity index (χ0) is 23.2. The fraction of sp³-hybridized carbons (Fsp3) is 0.385. The Hall–Kier alpha value is -3.32. The topological polar surface area (TPSA) is 70.8 Å². The van der Waals surface area contributed by atoms with Crippen LogP contribution in [0.4, 0.5) is 16.4 Å². The van der Waals surface area contributed by atoms with Gasteiger partial charge in [-0.2, -0.15) is 0 Å². The summed E-state index contributed by atoms with van der Waals surface area (Å²) in [4.78, 5) is 17.2. The van der Waals surface area contributed by atoms with Gasteiger partial charge >= 0.3 is 6.03 Å². The van der Waals surface area contributed by atoms with Crippen molar-refractivity contribution in [2.45, 2.75) is 33.2 Å². The number of hydrogen-bond donors (Lipinski definition) is 1. The minimum absolute atomic E-state index is 0.181. The van der Waals surface area contributed by atoms with Crippen LogP contribution in [0.15, 0.2) is 53.1 Å². The molecule has 0 bridgehead atoms. The van der Waals surface area contributed by atoms with Gasteiger partial charge in [-0.15, -0.1) is 0 Å². The summed E-state index contributed by atoms with van der Waals surface area (Å²) < 4.78 is 11.2. The molecule has 1 aromatic heterocycles. The van der Waals surface area contributed by atoms with Gasteiger partial charge in [0.1, 0.15) is 5.69 Å². The number of carbonyl (C=O) groups excluding carboxylic acids is 1. The molecule has 0 atom stereocenters. The number of aryl methyl sites for hydroxylation is 2. The third-order valence-corrected chi connectivity index (χ3v) is 5.96. The van der Waals surface area contributed by atoms with E-state index in [0.717, 1.165) is 65.5 Å². The average molecular weight is 449 g/mol. The molecule has 2 aromatic carbocycles. The maximum atomic E-state index is 13.3. The van der Waals surface area contributed by atoms with Crippen LogP contribution in [0.3, 0.4) is 0 Å². The summed E-state index contributed by atoms with van der Waals surface area (Å²) in [5.41, 5.74) is 5.76. The molecule has 3 aromatic rings. The minimum Gasteiger partial charge on any atom is -0.383 e. The molecule has 1 N–H and O–H groups in total. The second kappa shape index (κ2) is 10.5. The number of amides is 2. The van der Waals surface area contributed by atoms with E-state index in [-0.39, 0.29) is 6.03 Å². The SMILES string of the molecule is COCCN(Cc1c(-c2cccc(C)c2)noc1N1CCCC1)C(=O)Nc1ccc(C)cc1. The summed E-state index contributed by atoms with van der Waals surface area (Å²) in [6.07, 6.45) is 2.25. The van der Waals surface area contributed by atoms with E-state index in [1.807, 2.05) is 43.3 Å². The van der Waals surface area contributed by atoms with E-state index in [2.05, 4.69) is 34.4 Å². The number of aromatic nitrogens is 1. The Bertz CT molecular complexity index is 1070. The maximum absolute atomic E-state index is 13.3. The van der Waals surface area contributed by atoms with Gasteiger partial charge in [-0.3, -0.25) is 0 Å². The molecule has 4 rings (SSSR count). The van der Waals surface area contributed by atoms with E-state index in [0.29, 0.717) is 19.7 Å². The van der Waals surface area contributed by atoms with Crippen LogP contribution < -0.4 is 10.2 Å². The van der Waals surface area contributed by atoms with Crippen LogP contribution >= 0.6 is 0 Å². The van der Waals surface area contributed by atoms with Crippen molar-refractivity contribution in [2.75, 3.05) is 43.6 Å². The normalized spacial score (nSPS) is 13.4. The number of nitrogens with zero attached hydrogens (tertiary/aromatic N) is 3. The molecule has 0 spiro atoms. The molecular weight excluding hydrogens is 416 g/mol. The largest absolute Gasteiger partial charge is 0.383 e. The quantitative estimate of drug-likeness (QED) is 0.510. The van der Waals surface area contributed by atoms with Crippen LogP contribution in [0.1, 0.15) is 29.5 Å². The predicted octanol–water partition coefficient (Wildman–Crippen LogP) is 5.24. The molecule has 2 amide bonds. The van der Waals surface area contributed by atoms with Crippen LogP contribution in [-0.2, 0) is 11.3 Å². The predicted molar refractivity (Wildman–Crippen MR) is 131 cm³/mol. The molecule has 33 heavy (non-hydrogen) atoms. The van der Waals surface area contributed by atoms with Gasteiger partial charge in [-0.05, 0) is 44.9 Å². The van der Waals surface area contributed by atoms with Crippen molar-refractivity contribution in [2.24, 2.45) is 0 Å². The van der Waals surface area contributed by atoms with Crippen molar-refractivity contribution in [3.05, 3.63) is 65.2 Å². The fourth-order valence-electron chi connectivity index (χ4n) is 4.12. The van der Waals surface area contributed by atoms with Crippen LogP contribution in [0.2, 0.25) is 0 Å². The van der Waals surface area contributed by atoms with Crippen molar-refractivity contribution in [3.8, 4) is 11.3 Å². The zero-order valence-electron chi connectivity index (χ0n) is 19.6. The third-order valence-electron chi connectivity index (χ3n) is 5.96. The molecule has 0 radical (unpaired) electrons. The van der Waals surface area contributed by atoms with E-state index in [9.17, 15) is 4.79 Å². The van der Waals surface area contributed by atoms with Gasteiger partial charge in [0.15, 0.2) is 0 Å². The molecule has 1 saturated heterocycles. The van der Waals surface area contributed by atoms with E-state index in [1.54, 1.807) is 12.0 Å². The standard InChI is InChI=1S/C26H32N4O3/c1-19-9-11-22(12-10-19)27-26(31)30(15-16-32-3)18-23-24(21-8-6-7-20(2)17-21)28-33-25(23)29-13-4-5-14-29/h6-12,17H,4-5,13-16,18H2,1-3H3,(H,27,31). The highest BCUT2D eigenvalue weighted by Gasteiger charge is 2.27. The first-order valence-corrected chi connectivity index (χ1v) is 11.5. The molecular formula is C26H32N4O3. The Balaban J connectivity index is 1.65. The summed E-state index contributed by atoms with van der Waals surface area (Å²) in [6, 6.07) is 15.8. The number of benzene rings is 2. The van der Waals surface area contributed by atoms with E-state index >= 15 is 0 Å². The maximum Gasteiger partial charge on any atom is 0.322 e. The van der Waals surface area contributed by atoms with Crippen LogP contribution in [0.5, 0.6) is 0 Å². The number of rotatable bonds is 8. The number of anilines is 2. The van der Waals surface area contributed by atoms with Gasteiger partial charge in [0.25, 0.3) is 0 Å². The Morgan fingerprint density at radius 3 is 2.58 bits per heavy atom. The molecule has 7 nitrogen and oxygen atoms in total. The number of nitrogens with one attached hydrogen (secondary N) is 1. The first kappa shape index (κ1) is 22.9. The molecule has 7 heteroatoms. The lowest BCUT2D eigenvalue weighted by molar-refractivity contribution is 0.153. The van der Waals surface area contributed by atoms with Crippen molar-refractivity contribution in [3.63, 3.8) is 0 Å². The van der Waals surface area contributed by atoms with Gasteiger partial charge in [0, 0.05) is 38.0 Å².